The quantitative estimate of drug-likeness (QED) is 0.239. The molecule has 0 fully saturated rings. The summed E-state index contributed by atoms with van der Waals surface area (Å²) in [5.74, 6) is -0.567. The number of carbonyl (C=O) groups excluding carboxylic acids is 2. The molecule has 1 heterocycles. The highest BCUT2D eigenvalue weighted by molar-refractivity contribution is 8.00. The van der Waals surface area contributed by atoms with Crippen molar-refractivity contribution in [2.24, 2.45) is 0 Å². The Morgan fingerprint density at radius 2 is 1.83 bits per heavy atom. The lowest BCUT2D eigenvalue weighted by Crippen LogP contribution is -2.24. The molecule has 36 heavy (non-hydrogen) atoms. The Morgan fingerprint density at radius 3 is 2.61 bits per heavy atom. The summed E-state index contributed by atoms with van der Waals surface area (Å²) in [4.78, 5) is 30.8. The predicted molar refractivity (Wildman–Crippen MR) is 143 cm³/mol. The van der Waals surface area contributed by atoms with Gasteiger partial charge in [0.25, 0.3) is 5.91 Å². The number of para-hydroxylation sites is 1. The zero-order chi connectivity index (χ0) is 25.5. The van der Waals surface area contributed by atoms with E-state index in [4.69, 9.17) is 4.74 Å². The molecule has 2 amide bonds. The SMILES string of the molecule is CCC(Sc1cccc(NC(=O)c2ccccc2F)c1)C(=O)Nc1nc(-c2ccccc2OC)cs1. The van der Waals surface area contributed by atoms with Crippen molar-refractivity contribution in [2.45, 2.75) is 23.5 Å². The molecule has 0 saturated carbocycles. The summed E-state index contributed by atoms with van der Waals surface area (Å²) in [5, 5.41) is 7.64. The van der Waals surface area contributed by atoms with E-state index in [-0.39, 0.29) is 16.7 Å². The van der Waals surface area contributed by atoms with Crippen LogP contribution < -0.4 is 15.4 Å². The number of carbonyl (C=O) groups is 2. The third-order valence-electron chi connectivity index (χ3n) is 5.27. The van der Waals surface area contributed by atoms with Gasteiger partial charge < -0.3 is 15.4 Å². The first kappa shape index (κ1) is 25.4. The number of nitrogens with one attached hydrogen (secondary N) is 2. The summed E-state index contributed by atoms with van der Waals surface area (Å²) < 4.78 is 19.3. The maximum Gasteiger partial charge on any atom is 0.258 e. The first-order chi connectivity index (χ1) is 17.5. The summed E-state index contributed by atoms with van der Waals surface area (Å²) in [6.45, 7) is 1.93. The van der Waals surface area contributed by atoms with Crippen LogP contribution in [0, 0.1) is 5.82 Å². The van der Waals surface area contributed by atoms with Crippen LogP contribution in [0.2, 0.25) is 0 Å². The molecule has 1 aromatic heterocycles. The Balaban J connectivity index is 1.41. The van der Waals surface area contributed by atoms with Gasteiger partial charge in [-0.3, -0.25) is 9.59 Å². The topological polar surface area (TPSA) is 80.3 Å². The maximum absolute atomic E-state index is 13.9. The Morgan fingerprint density at radius 1 is 1.06 bits per heavy atom. The molecule has 4 rings (SSSR count). The molecule has 4 aromatic rings. The molecular formula is C27H24FN3O3S2. The lowest BCUT2D eigenvalue weighted by molar-refractivity contribution is -0.115. The number of amides is 2. The highest BCUT2D eigenvalue weighted by atomic mass is 32.2. The van der Waals surface area contributed by atoms with Gasteiger partial charge >= 0.3 is 0 Å². The molecule has 1 atom stereocenters. The second-order valence-corrected chi connectivity index (χ2v) is 9.84. The van der Waals surface area contributed by atoms with Gasteiger partial charge in [0.15, 0.2) is 5.13 Å². The summed E-state index contributed by atoms with van der Waals surface area (Å²) in [5.41, 5.74) is 2.07. The monoisotopic (exact) mass is 521 g/mol. The van der Waals surface area contributed by atoms with E-state index in [0.29, 0.717) is 23.0 Å². The molecule has 1 unspecified atom stereocenters. The number of rotatable bonds is 9. The van der Waals surface area contributed by atoms with E-state index < -0.39 is 11.7 Å². The average molecular weight is 522 g/mol. The Hall–Kier alpha value is -3.69. The van der Waals surface area contributed by atoms with Gasteiger partial charge in [0.05, 0.1) is 23.6 Å². The van der Waals surface area contributed by atoms with Gasteiger partial charge in [-0.2, -0.15) is 0 Å². The molecule has 6 nitrogen and oxygen atoms in total. The van der Waals surface area contributed by atoms with Crippen LogP contribution in [0.1, 0.15) is 23.7 Å². The lowest BCUT2D eigenvalue weighted by Gasteiger charge is -2.14. The fourth-order valence-corrected chi connectivity index (χ4v) is 5.20. The van der Waals surface area contributed by atoms with Crippen LogP contribution in [0.3, 0.4) is 0 Å². The zero-order valence-electron chi connectivity index (χ0n) is 19.7. The van der Waals surface area contributed by atoms with Gasteiger partial charge in [-0.1, -0.05) is 37.3 Å². The molecule has 0 radical (unpaired) electrons. The van der Waals surface area contributed by atoms with E-state index in [1.54, 1.807) is 31.4 Å². The van der Waals surface area contributed by atoms with Crippen molar-refractivity contribution < 1.29 is 18.7 Å². The van der Waals surface area contributed by atoms with Gasteiger partial charge in [-0.05, 0) is 48.9 Å². The minimum atomic E-state index is -0.584. The second kappa shape index (κ2) is 11.8. The summed E-state index contributed by atoms with van der Waals surface area (Å²) in [7, 11) is 1.61. The van der Waals surface area contributed by atoms with Crippen LogP contribution in [-0.4, -0.2) is 29.2 Å². The Labute approximate surface area is 216 Å². The maximum atomic E-state index is 13.9. The molecule has 0 bridgehead atoms. The predicted octanol–water partition coefficient (Wildman–Crippen LogP) is 6.72. The number of thiazole rings is 1. The van der Waals surface area contributed by atoms with Gasteiger partial charge in [0.2, 0.25) is 5.91 Å². The minimum Gasteiger partial charge on any atom is -0.496 e. The third-order valence-corrected chi connectivity index (χ3v) is 7.38. The van der Waals surface area contributed by atoms with E-state index in [1.807, 2.05) is 42.6 Å². The van der Waals surface area contributed by atoms with Gasteiger partial charge in [0, 0.05) is 21.5 Å². The van der Waals surface area contributed by atoms with Crippen LogP contribution in [0.15, 0.2) is 83.1 Å². The van der Waals surface area contributed by atoms with Crippen molar-refractivity contribution in [3.63, 3.8) is 0 Å². The smallest absolute Gasteiger partial charge is 0.258 e. The summed E-state index contributed by atoms with van der Waals surface area (Å²) in [6.07, 6.45) is 0.590. The first-order valence-electron chi connectivity index (χ1n) is 11.2. The Bertz CT molecular complexity index is 1380. The number of benzene rings is 3. The van der Waals surface area contributed by atoms with Crippen molar-refractivity contribution in [1.82, 2.24) is 4.98 Å². The fourth-order valence-electron chi connectivity index (χ4n) is 3.47. The van der Waals surface area contributed by atoms with Gasteiger partial charge in [-0.15, -0.1) is 23.1 Å². The molecule has 0 aliphatic carbocycles. The molecule has 0 aliphatic heterocycles. The number of hydrogen-bond donors (Lipinski definition) is 2. The highest BCUT2D eigenvalue weighted by Gasteiger charge is 2.20. The largest absolute Gasteiger partial charge is 0.496 e. The number of thioether (sulfide) groups is 1. The summed E-state index contributed by atoms with van der Waals surface area (Å²) in [6, 6.07) is 20.5. The van der Waals surface area contributed by atoms with E-state index in [0.717, 1.165) is 16.2 Å². The van der Waals surface area contributed by atoms with E-state index in [2.05, 4.69) is 15.6 Å². The Kier molecular flexibility index (Phi) is 8.35. The molecular weight excluding hydrogens is 497 g/mol. The molecule has 0 aliphatic rings. The average Bonchev–Trinajstić information content (AvgIpc) is 3.35. The summed E-state index contributed by atoms with van der Waals surface area (Å²) >= 11 is 2.73. The highest BCUT2D eigenvalue weighted by Crippen LogP contribution is 2.33. The molecule has 184 valence electrons. The van der Waals surface area contributed by atoms with Gasteiger partial charge in [-0.25, -0.2) is 9.37 Å². The van der Waals surface area contributed by atoms with E-state index in [1.165, 1.54) is 41.3 Å². The number of hydrogen-bond acceptors (Lipinski definition) is 6. The second-order valence-electron chi connectivity index (χ2n) is 7.70. The minimum absolute atomic E-state index is 0.0303. The van der Waals surface area contributed by atoms with Gasteiger partial charge in [0.1, 0.15) is 11.6 Å². The standard InChI is InChI=1S/C27H24FN3O3S2/c1-3-24(26(33)31-27-30-22(16-35-27)20-12-5-7-14-23(20)34-2)36-18-10-8-9-17(15-18)29-25(32)19-11-4-6-13-21(19)28/h4-16,24H,3H2,1-2H3,(H,29,32)(H,30,31,33). The van der Waals surface area contributed by atoms with Crippen molar-refractivity contribution in [3.8, 4) is 17.0 Å². The van der Waals surface area contributed by atoms with Crippen LogP contribution in [0.4, 0.5) is 15.2 Å². The number of methoxy groups -OCH3 is 1. The number of halogens is 1. The van der Waals surface area contributed by atoms with Crippen molar-refractivity contribution in [1.29, 1.82) is 0 Å². The van der Waals surface area contributed by atoms with Crippen molar-refractivity contribution >= 4 is 45.7 Å². The normalized spacial score (nSPS) is 11.5. The molecule has 0 spiro atoms. The van der Waals surface area contributed by atoms with Crippen molar-refractivity contribution in [3.05, 3.63) is 89.6 Å². The lowest BCUT2D eigenvalue weighted by atomic mass is 10.1. The van der Waals surface area contributed by atoms with Crippen molar-refractivity contribution in [2.75, 3.05) is 17.7 Å². The van der Waals surface area contributed by atoms with E-state index >= 15 is 0 Å². The van der Waals surface area contributed by atoms with Crippen LogP contribution >= 0.6 is 23.1 Å². The fraction of sp³-hybridized carbons (Fsp3) is 0.148. The number of anilines is 2. The zero-order valence-corrected chi connectivity index (χ0v) is 21.3. The molecule has 2 N–H and O–H groups in total. The third kappa shape index (κ3) is 6.10. The first-order valence-corrected chi connectivity index (χ1v) is 13.0. The van der Waals surface area contributed by atoms with Crippen LogP contribution in [-0.2, 0) is 4.79 Å². The molecule has 3 aromatic carbocycles. The van der Waals surface area contributed by atoms with E-state index in [9.17, 15) is 14.0 Å². The number of nitrogens with zero attached hydrogens (tertiary/aromatic N) is 1. The number of ether oxygens (including phenoxy) is 1. The number of aromatic nitrogens is 1. The molecule has 0 saturated heterocycles. The van der Waals surface area contributed by atoms with Crippen LogP contribution in [0.5, 0.6) is 5.75 Å². The van der Waals surface area contributed by atoms with Crippen LogP contribution in [0.25, 0.3) is 11.3 Å². The molecule has 9 heteroatoms.